The highest BCUT2D eigenvalue weighted by Crippen LogP contribution is 2.32. The zero-order chi connectivity index (χ0) is 18.0. The fourth-order valence-electron chi connectivity index (χ4n) is 2.05. The molecule has 3 rings (SSSR count). The van der Waals surface area contributed by atoms with Gasteiger partial charge >= 0.3 is 6.18 Å². The molecule has 0 aliphatic heterocycles. The smallest absolute Gasteiger partial charge is 0.435 e. The fourth-order valence-corrected chi connectivity index (χ4v) is 2.71. The Hall–Kier alpha value is -2.55. The second-order valence-electron chi connectivity index (χ2n) is 5.33. The van der Waals surface area contributed by atoms with Crippen LogP contribution in [0.15, 0.2) is 35.0 Å². The zero-order valence-corrected chi connectivity index (χ0v) is 14.2. The monoisotopic (exact) mass is 369 g/mol. The number of nitrogens with zero attached hydrogens (tertiary/aromatic N) is 3. The molecule has 132 valence electrons. The van der Waals surface area contributed by atoms with Crippen LogP contribution in [0, 0.1) is 6.92 Å². The van der Waals surface area contributed by atoms with Gasteiger partial charge in [0.2, 0.25) is 17.6 Å². The van der Waals surface area contributed by atoms with Crippen LogP contribution in [-0.4, -0.2) is 14.8 Å². The normalized spacial score (nSPS) is 11.6. The summed E-state index contributed by atoms with van der Waals surface area (Å²) in [5.74, 6) is 0.408. The number of thiophene rings is 1. The van der Waals surface area contributed by atoms with Gasteiger partial charge in [0.15, 0.2) is 5.69 Å². The van der Waals surface area contributed by atoms with Crippen LogP contribution in [0.3, 0.4) is 0 Å². The molecule has 0 unspecified atom stereocenters. The van der Waals surface area contributed by atoms with E-state index in [2.05, 4.69) is 10.1 Å². The van der Waals surface area contributed by atoms with Gasteiger partial charge in [0.1, 0.15) is 6.61 Å². The predicted molar refractivity (Wildman–Crippen MR) is 85.9 cm³/mol. The highest BCUT2D eigenvalue weighted by atomic mass is 32.1. The van der Waals surface area contributed by atoms with Crippen molar-refractivity contribution in [2.45, 2.75) is 19.7 Å². The molecule has 0 spiro atoms. The summed E-state index contributed by atoms with van der Waals surface area (Å²) in [5.41, 5.74) is 0.798. The van der Waals surface area contributed by atoms with Gasteiger partial charge in [-0.2, -0.15) is 34.6 Å². The Morgan fingerprint density at radius 3 is 2.60 bits per heavy atom. The SMILES string of the molecule is Cc1cc(OCc2ccsc2)nc(Oc2cc(C(F)(F)F)nn2C)c1. The van der Waals surface area contributed by atoms with Crippen LogP contribution in [0.4, 0.5) is 13.2 Å². The molecule has 3 heterocycles. The lowest BCUT2D eigenvalue weighted by atomic mass is 10.3. The van der Waals surface area contributed by atoms with Gasteiger partial charge in [0.25, 0.3) is 0 Å². The predicted octanol–water partition coefficient (Wildman–Crippen LogP) is 4.58. The average molecular weight is 369 g/mol. The molecule has 25 heavy (non-hydrogen) atoms. The summed E-state index contributed by atoms with van der Waals surface area (Å²) in [7, 11) is 1.37. The van der Waals surface area contributed by atoms with Gasteiger partial charge < -0.3 is 9.47 Å². The topological polar surface area (TPSA) is 49.2 Å². The molecule has 0 saturated heterocycles. The van der Waals surface area contributed by atoms with Gasteiger partial charge in [0, 0.05) is 30.8 Å². The molecule has 5 nitrogen and oxygen atoms in total. The van der Waals surface area contributed by atoms with Gasteiger partial charge in [-0.3, -0.25) is 0 Å². The maximum absolute atomic E-state index is 12.7. The second-order valence-corrected chi connectivity index (χ2v) is 6.11. The van der Waals surface area contributed by atoms with Gasteiger partial charge in [-0.05, 0) is 29.3 Å². The van der Waals surface area contributed by atoms with Gasteiger partial charge in [0.05, 0.1) is 0 Å². The number of aryl methyl sites for hydroxylation is 2. The van der Waals surface area contributed by atoms with Crippen molar-refractivity contribution in [3.63, 3.8) is 0 Å². The number of rotatable bonds is 5. The van der Waals surface area contributed by atoms with Crippen LogP contribution < -0.4 is 9.47 Å². The van der Waals surface area contributed by atoms with Crippen molar-refractivity contribution in [3.8, 4) is 17.6 Å². The van der Waals surface area contributed by atoms with E-state index in [0.29, 0.717) is 12.5 Å². The van der Waals surface area contributed by atoms with E-state index < -0.39 is 11.9 Å². The molecule has 3 aromatic rings. The van der Waals surface area contributed by atoms with E-state index in [0.717, 1.165) is 21.9 Å². The summed E-state index contributed by atoms with van der Waals surface area (Å²) in [5, 5.41) is 7.30. The lowest BCUT2D eigenvalue weighted by Crippen LogP contribution is -2.06. The van der Waals surface area contributed by atoms with E-state index in [1.54, 1.807) is 23.5 Å². The number of pyridine rings is 1. The maximum atomic E-state index is 12.7. The quantitative estimate of drug-likeness (QED) is 0.661. The van der Waals surface area contributed by atoms with Crippen LogP contribution in [0.5, 0.6) is 17.6 Å². The van der Waals surface area contributed by atoms with Crippen LogP contribution in [0.2, 0.25) is 0 Å². The largest absolute Gasteiger partial charge is 0.473 e. The first-order chi connectivity index (χ1) is 11.8. The van der Waals surface area contributed by atoms with Crippen molar-refractivity contribution in [2.24, 2.45) is 7.05 Å². The van der Waals surface area contributed by atoms with E-state index in [1.807, 2.05) is 23.8 Å². The standard InChI is InChI=1S/C16H14F3N3O2S/c1-10-5-13(23-8-11-3-4-25-9-11)20-14(6-10)24-15-7-12(16(17,18)19)21-22(15)2/h3-7,9H,8H2,1-2H3. The Morgan fingerprint density at radius 2 is 1.96 bits per heavy atom. The Kier molecular flexibility index (Phi) is 4.67. The lowest BCUT2D eigenvalue weighted by molar-refractivity contribution is -0.141. The molecule has 9 heteroatoms. The minimum atomic E-state index is -4.53. The number of alkyl halides is 3. The summed E-state index contributed by atoms with van der Waals surface area (Å²) < 4.78 is 50.2. The second kappa shape index (κ2) is 6.75. The summed E-state index contributed by atoms with van der Waals surface area (Å²) >= 11 is 1.56. The Morgan fingerprint density at radius 1 is 1.20 bits per heavy atom. The van der Waals surface area contributed by atoms with Crippen molar-refractivity contribution in [3.05, 3.63) is 51.8 Å². The molecule has 0 radical (unpaired) electrons. The minimum absolute atomic E-state index is 0.0609. The number of ether oxygens (including phenoxy) is 2. The van der Waals surface area contributed by atoms with Crippen molar-refractivity contribution in [1.29, 1.82) is 0 Å². The molecule has 3 aromatic heterocycles. The Balaban J connectivity index is 1.77. The first-order valence-corrected chi connectivity index (χ1v) is 8.17. The van der Waals surface area contributed by atoms with Crippen LogP contribution in [0.1, 0.15) is 16.8 Å². The average Bonchev–Trinajstić information content (AvgIpc) is 3.15. The molecular formula is C16H14F3N3O2S. The van der Waals surface area contributed by atoms with Gasteiger partial charge in [-0.15, -0.1) is 0 Å². The van der Waals surface area contributed by atoms with Crippen molar-refractivity contribution in [2.75, 3.05) is 0 Å². The molecule has 0 atom stereocenters. The van der Waals surface area contributed by atoms with Gasteiger partial charge in [-0.25, -0.2) is 4.68 Å². The Labute approximate surface area is 145 Å². The minimum Gasteiger partial charge on any atom is -0.473 e. The third-order valence-corrected chi connectivity index (χ3v) is 3.96. The van der Waals surface area contributed by atoms with E-state index in [4.69, 9.17) is 9.47 Å². The molecule has 0 N–H and O–H groups in total. The molecule has 0 fully saturated rings. The molecule has 0 amide bonds. The first-order valence-electron chi connectivity index (χ1n) is 7.23. The summed E-state index contributed by atoms with van der Waals surface area (Å²) in [6.45, 7) is 2.17. The number of halogens is 3. The molecule has 0 aliphatic carbocycles. The van der Waals surface area contributed by atoms with Crippen molar-refractivity contribution < 1.29 is 22.6 Å². The van der Waals surface area contributed by atoms with Gasteiger partial charge in [-0.1, -0.05) is 0 Å². The third-order valence-electron chi connectivity index (χ3n) is 3.23. The lowest BCUT2D eigenvalue weighted by Gasteiger charge is -2.09. The Bertz CT molecular complexity index is 860. The number of aromatic nitrogens is 3. The van der Waals surface area contributed by atoms with Crippen molar-refractivity contribution >= 4 is 11.3 Å². The molecule has 0 aliphatic rings. The molecule has 0 aromatic carbocycles. The highest BCUT2D eigenvalue weighted by molar-refractivity contribution is 7.07. The molecule has 0 saturated carbocycles. The summed E-state index contributed by atoms with van der Waals surface area (Å²) in [6.07, 6.45) is -4.53. The fraction of sp³-hybridized carbons (Fsp3) is 0.250. The molecular weight excluding hydrogens is 355 g/mol. The number of hydrogen-bond acceptors (Lipinski definition) is 5. The van der Waals surface area contributed by atoms with E-state index in [9.17, 15) is 13.2 Å². The van der Waals surface area contributed by atoms with Crippen LogP contribution in [0.25, 0.3) is 0 Å². The van der Waals surface area contributed by atoms with E-state index >= 15 is 0 Å². The van der Waals surface area contributed by atoms with Crippen LogP contribution >= 0.6 is 11.3 Å². The zero-order valence-electron chi connectivity index (χ0n) is 13.4. The third kappa shape index (κ3) is 4.30. The molecule has 0 bridgehead atoms. The summed E-state index contributed by atoms with van der Waals surface area (Å²) in [4.78, 5) is 4.18. The highest BCUT2D eigenvalue weighted by Gasteiger charge is 2.35. The first kappa shape index (κ1) is 17.3. The number of hydrogen-bond donors (Lipinski definition) is 0. The maximum Gasteiger partial charge on any atom is 0.435 e. The van der Waals surface area contributed by atoms with Crippen LogP contribution in [-0.2, 0) is 19.8 Å². The van der Waals surface area contributed by atoms with E-state index in [1.165, 1.54) is 7.05 Å². The van der Waals surface area contributed by atoms with Crippen molar-refractivity contribution in [1.82, 2.24) is 14.8 Å². The summed E-state index contributed by atoms with van der Waals surface area (Å²) in [6, 6.07) is 6.10. The van der Waals surface area contributed by atoms with E-state index in [-0.39, 0.29) is 11.8 Å².